The average molecular weight is 414 g/mol. The van der Waals surface area contributed by atoms with Crippen molar-refractivity contribution in [3.8, 4) is 5.75 Å². The first-order valence-corrected chi connectivity index (χ1v) is 10.3. The Hall–Kier alpha value is -3.10. The molecule has 2 aromatic carbocycles. The zero-order valence-electron chi connectivity index (χ0n) is 16.2. The smallest absolute Gasteiger partial charge is 0.251 e. The molecular weight excluding hydrogens is 392 g/mol. The quantitative estimate of drug-likeness (QED) is 0.612. The average Bonchev–Trinajstić information content (AvgIpc) is 3.26. The van der Waals surface area contributed by atoms with E-state index in [1.54, 1.807) is 6.07 Å². The highest BCUT2D eigenvalue weighted by atomic mass is 32.2. The zero-order valence-corrected chi connectivity index (χ0v) is 17.0. The standard InChI is InChI=1S/C21H22N2O5S/c1-23(14-16-6-4-3-5-7-16)29(25,26)20-12-18(8-9-19(20)27-2)21(24)22-13-17-10-11-28-15-17/h3-12,15H,13-14H2,1-2H3,(H,22,24). The van der Waals surface area contributed by atoms with Gasteiger partial charge < -0.3 is 14.5 Å². The Kier molecular flexibility index (Phi) is 6.36. The third-order valence-corrected chi connectivity index (χ3v) is 6.22. The fourth-order valence-electron chi connectivity index (χ4n) is 2.79. The first kappa shape index (κ1) is 20.6. The molecule has 0 fully saturated rings. The Morgan fingerprint density at radius 3 is 2.52 bits per heavy atom. The minimum Gasteiger partial charge on any atom is -0.495 e. The molecular formula is C21H22N2O5S. The van der Waals surface area contributed by atoms with E-state index in [1.807, 2.05) is 30.3 Å². The molecule has 0 saturated heterocycles. The van der Waals surface area contributed by atoms with E-state index in [0.29, 0.717) is 0 Å². The van der Waals surface area contributed by atoms with Gasteiger partial charge in [0.25, 0.3) is 5.91 Å². The number of hydrogen-bond donors (Lipinski definition) is 1. The maximum Gasteiger partial charge on any atom is 0.251 e. The summed E-state index contributed by atoms with van der Waals surface area (Å²) in [6.07, 6.45) is 3.05. The van der Waals surface area contributed by atoms with E-state index in [2.05, 4.69) is 5.32 Å². The molecule has 0 bridgehead atoms. The monoisotopic (exact) mass is 414 g/mol. The lowest BCUT2D eigenvalue weighted by atomic mass is 10.2. The van der Waals surface area contributed by atoms with Gasteiger partial charge in [-0.1, -0.05) is 30.3 Å². The highest BCUT2D eigenvalue weighted by molar-refractivity contribution is 7.89. The first-order chi connectivity index (χ1) is 13.9. The van der Waals surface area contributed by atoms with Crippen LogP contribution in [0.5, 0.6) is 5.75 Å². The number of ether oxygens (including phenoxy) is 1. The van der Waals surface area contributed by atoms with Crippen LogP contribution in [0.2, 0.25) is 0 Å². The SMILES string of the molecule is COc1ccc(C(=O)NCc2ccoc2)cc1S(=O)(=O)N(C)Cc1ccccc1. The van der Waals surface area contributed by atoms with E-state index in [9.17, 15) is 13.2 Å². The number of carbonyl (C=O) groups excluding carboxylic acids is 1. The number of carbonyl (C=O) groups is 1. The van der Waals surface area contributed by atoms with Crippen LogP contribution < -0.4 is 10.1 Å². The Balaban J connectivity index is 1.84. The predicted molar refractivity (Wildman–Crippen MR) is 108 cm³/mol. The summed E-state index contributed by atoms with van der Waals surface area (Å²) >= 11 is 0. The normalized spacial score (nSPS) is 11.4. The van der Waals surface area contributed by atoms with E-state index < -0.39 is 15.9 Å². The minimum absolute atomic E-state index is 0.0607. The van der Waals surface area contributed by atoms with E-state index >= 15 is 0 Å². The van der Waals surface area contributed by atoms with Gasteiger partial charge in [-0.3, -0.25) is 4.79 Å². The summed E-state index contributed by atoms with van der Waals surface area (Å²) in [6.45, 7) is 0.473. The van der Waals surface area contributed by atoms with Crippen molar-refractivity contribution < 1.29 is 22.4 Å². The van der Waals surface area contributed by atoms with Gasteiger partial charge in [-0.15, -0.1) is 0 Å². The second-order valence-electron chi connectivity index (χ2n) is 6.43. The number of sulfonamides is 1. The summed E-state index contributed by atoms with van der Waals surface area (Å²) in [5.41, 5.74) is 1.88. The summed E-state index contributed by atoms with van der Waals surface area (Å²) < 4.78 is 37.7. The maximum atomic E-state index is 13.1. The van der Waals surface area contributed by atoms with Gasteiger partial charge in [0, 0.05) is 31.3 Å². The Morgan fingerprint density at radius 1 is 1.10 bits per heavy atom. The topological polar surface area (TPSA) is 88.8 Å². The number of nitrogens with zero attached hydrogens (tertiary/aromatic N) is 1. The fourth-order valence-corrected chi connectivity index (χ4v) is 4.13. The molecule has 1 aromatic heterocycles. The third kappa shape index (κ3) is 4.85. The van der Waals surface area contributed by atoms with Gasteiger partial charge in [-0.2, -0.15) is 4.31 Å². The van der Waals surface area contributed by atoms with Gasteiger partial charge >= 0.3 is 0 Å². The van der Waals surface area contributed by atoms with Crippen LogP contribution in [-0.4, -0.2) is 32.8 Å². The largest absolute Gasteiger partial charge is 0.495 e. The molecule has 1 heterocycles. The van der Waals surface area contributed by atoms with Gasteiger partial charge in [0.15, 0.2) is 0 Å². The summed E-state index contributed by atoms with van der Waals surface area (Å²) in [4.78, 5) is 12.4. The van der Waals surface area contributed by atoms with Crippen LogP contribution >= 0.6 is 0 Å². The minimum atomic E-state index is -3.88. The Labute approximate surface area is 170 Å². The van der Waals surface area contributed by atoms with Crippen molar-refractivity contribution in [1.82, 2.24) is 9.62 Å². The molecule has 0 radical (unpaired) electrons. The van der Waals surface area contributed by atoms with Gasteiger partial charge in [-0.05, 0) is 29.8 Å². The summed E-state index contributed by atoms with van der Waals surface area (Å²) in [6, 6.07) is 15.3. The van der Waals surface area contributed by atoms with E-state index in [-0.39, 0.29) is 29.3 Å². The fraction of sp³-hybridized carbons (Fsp3) is 0.190. The molecule has 0 aliphatic heterocycles. The van der Waals surface area contributed by atoms with Crippen molar-refractivity contribution in [3.05, 3.63) is 83.8 Å². The molecule has 8 heteroatoms. The number of rotatable bonds is 8. The highest BCUT2D eigenvalue weighted by Crippen LogP contribution is 2.28. The lowest BCUT2D eigenvalue weighted by Crippen LogP contribution is -2.28. The van der Waals surface area contributed by atoms with Crippen LogP contribution in [0.25, 0.3) is 0 Å². The van der Waals surface area contributed by atoms with Crippen molar-refractivity contribution in [2.75, 3.05) is 14.2 Å². The molecule has 3 rings (SSSR count). The predicted octanol–water partition coefficient (Wildman–Crippen LogP) is 3.04. The van der Waals surface area contributed by atoms with Gasteiger partial charge in [0.2, 0.25) is 10.0 Å². The molecule has 0 aliphatic carbocycles. The number of amides is 1. The van der Waals surface area contributed by atoms with Crippen LogP contribution in [-0.2, 0) is 23.1 Å². The van der Waals surface area contributed by atoms with Crippen molar-refractivity contribution in [3.63, 3.8) is 0 Å². The van der Waals surface area contributed by atoms with E-state index in [1.165, 1.54) is 49.2 Å². The molecule has 1 amide bonds. The number of furan rings is 1. The first-order valence-electron chi connectivity index (χ1n) is 8.89. The molecule has 0 atom stereocenters. The maximum absolute atomic E-state index is 13.1. The number of hydrogen-bond acceptors (Lipinski definition) is 5. The lowest BCUT2D eigenvalue weighted by molar-refractivity contribution is 0.0950. The summed E-state index contributed by atoms with van der Waals surface area (Å²) in [5, 5.41) is 2.74. The molecule has 1 N–H and O–H groups in total. The van der Waals surface area contributed by atoms with Crippen molar-refractivity contribution in [1.29, 1.82) is 0 Å². The Morgan fingerprint density at radius 2 is 1.86 bits per heavy atom. The van der Waals surface area contributed by atoms with Gasteiger partial charge in [0.05, 0.1) is 19.6 Å². The highest BCUT2D eigenvalue weighted by Gasteiger charge is 2.26. The van der Waals surface area contributed by atoms with Crippen molar-refractivity contribution in [2.45, 2.75) is 18.0 Å². The second-order valence-corrected chi connectivity index (χ2v) is 8.44. The summed E-state index contributed by atoms with van der Waals surface area (Å²) in [5.74, 6) is -0.215. The number of nitrogens with one attached hydrogen (secondary N) is 1. The van der Waals surface area contributed by atoms with Crippen LogP contribution in [0.15, 0.2) is 76.4 Å². The number of benzene rings is 2. The van der Waals surface area contributed by atoms with Crippen LogP contribution in [0, 0.1) is 0 Å². The molecule has 0 aliphatic rings. The second kappa shape index (κ2) is 8.93. The van der Waals surface area contributed by atoms with E-state index in [0.717, 1.165) is 11.1 Å². The lowest BCUT2D eigenvalue weighted by Gasteiger charge is -2.19. The van der Waals surface area contributed by atoms with Crippen molar-refractivity contribution >= 4 is 15.9 Å². The molecule has 0 saturated carbocycles. The van der Waals surface area contributed by atoms with Gasteiger partial charge in [0.1, 0.15) is 10.6 Å². The molecule has 29 heavy (non-hydrogen) atoms. The van der Waals surface area contributed by atoms with Crippen LogP contribution in [0.4, 0.5) is 0 Å². The van der Waals surface area contributed by atoms with Gasteiger partial charge in [-0.25, -0.2) is 8.42 Å². The summed E-state index contributed by atoms with van der Waals surface area (Å²) in [7, 11) is -0.994. The molecule has 7 nitrogen and oxygen atoms in total. The third-order valence-electron chi connectivity index (χ3n) is 4.40. The zero-order chi connectivity index (χ0) is 20.9. The Bertz CT molecular complexity index is 1060. The van der Waals surface area contributed by atoms with E-state index in [4.69, 9.17) is 9.15 Å². The molecule has 0 unspecified atom stereocenters. The van der Waals surface area contributed by atoms with Crippen LogP contribution in [0.3, 0.4) is 0 Å². The van der Waals surface area contributed by atoms with Crippen LogP contribution in [0.1, 0.15) is 21.5 Å². The molecule has 0 spiro atoms. The molecule has 3 aromatic rings. The number of methoxy groups -OCH3 is 1. The molecule has 152 valence electrons. The van der Waals surface area contributed by atoms with Crippen molar-refractivity contribution in [2.24, 2.45) is 0 Å².